The molecule has 1 unspecified atom stereocenters. The molecule has 0 saturated heterocycles. The second-order valence-electron chi connectivity index (χ2n) is 3.81. The molecule has 0 spiro atoms. The standard InChI is InChI=1S/C13H17F2N/c1-4-16-10(3)9(2)8-11-6-5-7-12(14)13(11)15/h5-8,10,16H,4H2,1-3H3/b9-8+. The Balaban J connectivity index is 2.93. The van der Waals surface area contributed by atoms with Crippen molar-refractivity contribution in [3.05, 3.63) is 41.0 Å². The van der Waals surface area contributed by atoms with Crippen LogP contribution in [-0.4, -0.2) is 12.6 Å². The van der Waals surface area contributed by atoms with Crippen molar-refractivity contribution in [3.63, 3.8) is 0 Å². The van der Waals surface area contributed by atoms with Gasteiger partial charge in [0.2, 0.25) is 0 Å². The zero-order chi connectivity index (χ0) is 12.1. The lowest BCUT2D eigenvalue weighted by Crippen LogP contribution is -2.26. The molecule has 1 N–H and O–H groups in total. The molecule has 0 radical (unpaired) electrons. The Morgan fingerprint density at radius 1 is 1.44 bits per heavy atom. The molecular formula is C13H17F2N. The van der Waals surface area contributed by atoms with Crippen molar-refractivity contribution in [1.29, 1.82) is 0 Å². The van der Waals surface area contributed by atoms with Gasteiger partial charge in [-0.25, -0.2) is 8.78 Å². The molecule has 1 aromatic rings. The van der Waals surface area contributed by atoms with Gasteiger partial charge < -0.3 is 5.32 Å². The van der Waals surface area contributed by atoms with Crippen LogP contribution < -0.4 is 5.32 Å². The monoisotopic (exact) mass is 225 g/mol. The lowest BCUT2D eigenvalue weighted by molar-refractivity contribution is 0.507. The molecule has 0 aliphatic carbocycles. The van der Waals surface area contributed by atoms with Gasteiger partial charge in [-0.15, -0.1) is 0 Å². The second-order valence-corrected chi connectivity index (χ2v) is 3.81. The van der Waals surface area contributed by atoms with Gasteiger partial charge in [0, 0.05) is 11.6 Å². The topological polar surface area (TPSA) is 12.0 Å². The first-order valence-corrected chi connectivity index (χ1v) is 5.41. The zero-order valence-electron chi connectivity index (χ0n) is 9.85. The maximum atomic E-state index is 13.4. The highest BCUT2D eigenvalue weighted by atomic mass is 19.2. The van der Waals surface area contributed by atoms with E-state index in [0.29, 0.717) is 5.56 Å². The number of nitrogens with one attached hydrogen (secondary N) is 1. The first kappa shape index (κ1) is 12.8. The van der Waals surface area contributed by atoms with Gasteiger partial charge in [-0.05, 0) is 26.5 Å². The molecule has 0 aromatic heterocycles. The Morgan fingerprint density at radius 3 is 2.75 bits per heavy atom. The molecule has 0 bridgehead atoms. The summed E-state index contributed by atoms with van der Waals surface area (Å²) in [6.07, 6.45) is 1.67. The number of halogens is 2. The van der Waals surface area contributed by atoms with E-state index in [4.69, 9.17) is 0 Å². The highest BCUT2D eigenvalue weighted by molar-refractivity contribution is 5.54. The van der Waals surface area contributed by atoms with Gasteiger partial charge in [-0.3, -0.25) is 0 Å². The van der Waals surface area contributed by atoms with Crippen LogP contribution in [0.15, 0.2) is 23.8 Å². The average molecular weight is 225 g/mol. The second kappa shape index (κ2) is 5.75. The van der Waals surface area contributed by atoms with Crippen molar-refractivity contribution >= 4 is 6.08 Å². The van der Waals surface area contributed by atoms with E-state index in [1.807, 2.05) is 20.8 Å². The van der Waals surface area contributed by atoms with Crippen molar-refractivity contribution in [2.75, 3.05) is 6.54 Å². The predicted octanol–water partition coefficient (Wildman–Crippen LogP) is 3.37. The number of hydrogen-bond donors (Lipinski definition) is 1. The Kier molecular flexibility index (Phi) is 4.62. The molecule has 0 fully saturated rings. The molecule has 3 heteroatoms. The summed E-state index contributed by atoms with van der Waals surface area (Å²) >= 11 is 0. The normalized spacial score (nSPS) is 13.9. The molecule has 0 saturated carbocycles. The van der Waals surface area contributed by atoms with Gasteiger partial charge in [0.25, 0.3) is 0 Å². The third kappa shape index (κ3) is 3.14. The Labute approximate surface area is 95.2 Å². The van der Waals surface area contributed by atoms with Gasteiger partial charge in [-0.1, -0.05) is 30.7 Å². The van der Waals surface area contributed by atoms with Crippen molar-refractivity contribution in [2.24, 2.45) is 0 Å². The summed E-state index contributed by atoms with van der Waals surface area (Å²) in [5, 5.41) is 3.22. The quantitative estimate of drug-likeness (QED) is 0.828. The number of hydrogen-bond acceptors (Lipinski definition) is 1. The molecule has 16 heavy (non-hydrogen) atoms. The van der Waals surface area contributed by atoms with Gasteiger partial charge in [0.05, 0.1) is 0 Å². The summed E-state index contributed by atoms with van der Waals surface area (Å²) in [7, 11) is 0. The first-order valence-electron chi connectivity index (χ1n) is 5.41. The molecule has 1 rings (SSSR count). The van der Waals surface area contributed by atoms with E-state index in [1.54, 1.807) is 12.1 Å². The Bertz CT molecular complexity index is 386. The van der Waals surface area contributed by atoms with Crippen molar-refractivity contribution in [3.8, 4) is 0 Å². The van der Waals surface area contributed by atoms with Crippen LogP contribution in [0.3, 0.4) is 0 Å². The summed E-state index contributed by atoms with van der Waals surface area (Å²) < 4.78 is 26.3. The van der Waals surface area contributed by atoms with Gasteiger partial charge >= 0.3 is 0 Å². The van der Waals surface area contributed by atoms with Gasteiger partial charge in [0.1, 0.15) is 0 Å². The number of benzene rings is 1. The summed E-state index contributed by atoms with van der Waals surface area (Å²) in [5.74, 6) is -1.59. The van der Waals surface area contributed by atoms with Crippen LogP contribution >= 0.6 is 0 Å². The fraction of sp³-hybridized carbons (Fsp3) is 0.385. The molecular weight excluding hydrogens is 208 g/mol. The molecule has 0 heterocycles. The van der Waals surface area contributed by atoms with Crippen LogP contribution in [0.4, 0.5) is 8.78 Å². The number of likely N-dealkylation sites (N-methyl/N-ethyl adjacent to an activating group) is 1. The van der Waals surface area contributed by atoms with E-state index >= 15 is 0 Å². The first-order chi connectivity index (χ1) is 7.56. The molecule has 1 atom stereocenters. The van der Waals surface area contributed by atoms with E-state index in [0.717, 1.165) is 18.2 Å². The average Bonchev–Trinajstić information content (AvgIpc) is 2.25. The highest BCUT2D eigenvalue weighted by Gasteiger charge is 2.07. The van der Waals surface area contributed by atoms with Crippen LogP contribution in [0.2, 0.25) is 0 Å². The largest absolute Gasteiger partial charge is 0.311 e. The minimum Gasteiger partial charge on any atom is -0.311 e. The summed E-state index contributed by atoms with van der Waals surface area (Å²) in [4.78, 5) is 0. The van der Waals surface area contributed by atoms with E-state index in [1.165, 1.54) is 6.07 Å². The van der Waals surface area contributed by atoms with Crippen LogP contribution in [0.5, 0.6) is 0 Å². The van der Waals surface area contributed by atoms with Crippen molar-refractivity contribution in [1.82, 2.24) is 5.32 Å². The van der Waals surface area contributed by atoms with Crippen LogP contribution in [0.1, 0.15) is 26.3 Å². The Morgan fingerprint density at radius 2 is 2.12 bits per heavy atom. The van der Waals surface area contributed by atoms with Gasteiger partial charge in [-0.2, -0.15) is 0 Å². The maximum absolute atomic E-state index is 13.4. The molecule has 88 valence electrons. The zero-order valence-corrected chi connectivity index (χ0v) is 9.85. The lowest BCUT2D eigenvalue weighted by atomic mass is 10.1. The maximum Gasteiger partial charge on any atom is 0.166 e. The van der Waals surface area contributed by atoms with E-state index in [-0.39, 0.29) is 6.04 Å². The summed E-state index contributed by atoms with van der Waals surface area (Å²) in [5.41, 5.74) is 1.27. The Hall–Kier alpha value is -1.22. The van der Waals surface area contributed by atoms with E-state index in [2.05, 4.69) is 5.32 Å². The van der Waals surface area contributed by atoms with Crippen LogP contribution in [0.25, 0.3) is 6.08 Å². The molecule has 0 amide bonds. The number of rotatable bonds is 4. The fourth-order valence-electron chi connectivity index (χ4n) is 1.47. The van der Waals surface area contributed by atoms with E-state index < -0.39 is 11.6 Å². The minimum absolute atomic E-state index is 0.160. The SMILES string of the molecule is CCNC(C)/C(C)=C/c1cccc(F)c1F. The molecule has 0 aliphatic heterocycles. The summed E-state index contributed by atoms with van der Waals surface area (Å²) in [6, 6.07) is 4.36. The smallest absolute Gasteiger partial charge is 0.166 e. The van der Waals surface area contributed by atoms with Gasteiger partial charge in [0.15, 0.2) is 11.6 Å². The third-order valence-corrected chi connectivity index (χ3v) is 2.56. The minimum atomic E-state index is -0.808. The summed E-state index contributed by atoms with van der Waals surface area (Å²) in [6.45, 7) is 6.74. The lowest BCUT2D eigenvalue weighted by Gasteiger charge is -2.13. The fourth-order valence-corrected chi connectivity index (χ4v) is 1.47. The molecule has 0 aliphatic rings. The third-order valence-electron chi connectivity index (χ3n) is 2.56. The predicted molar refractivity (Wildman–Crippen MR) is 63.1 cm³/mol. The molecule has 1 aromatic carbocycles. The van der Waals surface area contributed by atoms with Crippen molar-refractivity contribution < 1.29 is 8.78 Å². The highest BCUT2D eigenvalue weighted by Crippen LogP contribution is 2.16. The van der Waals surface area contributed by atoms with E-state index in [9.17, 15) is 8.78 Å². The van der Waals surface area contributed by atoms with Crippen molar-refractivity contribution in [2.45, 2.75) is 26.8 Å². The van der Waals surface area contributed by atoms with Crippen LogP contribution in [-0.2, 0) is 0 Å². The molecule has 1 nitrogen and oxygen atoms in total. The van der Waals surface area contributed by atoms with Crippen LogP contribution in [0, 0.1) is 11.6 Å².